The van der Waals surface area contributed by atoms with Crippen molar-refractivity contribution in [3.05, 3.63) is 18.2 Å². The monoisotopic (exact) mass is 191 g/mol. The molecular weight excluding hydrogens is 182 g/mol. The number of nitrogens with zero attached hydrogens (tertiary/aromatic N) is 3. The molecule has 0 aliphatic carbocycles. The van der Waals surface area contributed by atoms with Crippen LogP contribution in [0.5, 0.6) is 0 Å². The Morgan fingerprint density at radius 3 is 3.07 bits per heavy atom. The van der Waals surface area contributed by atoms with Crippen LogP contribution in [0, 0.1) is 0 Å². The summed E-state index contributed by atoms with van der Waals surface area (Å²) in [5.74, 6) is 0.577. The van der Waals surface area contributed by atoms with E-state index in [1.54, 1.807) is 18.2 Å². The van der Waals surface area contributed by atoms with Gasteiger partial charge in [-0.05, 0) is 12.1 Å². The Balaban J connectivity index is 2.58. The van der Waals surface area contributed by atoms with E-state index in [2.05, 4.69) is 15.4 Å². The van der Waals surface area contributed by atoms with Gasteiger partial charge < -0.3 is 11.1 Å². The first-order valence-corrected chi connectivity index (χ1v) is 4.05. The van der Waals surface area contributed by atoms with Gasteiger partial charge in [-0.15, -0.1) is 5.10 Å². The van der Waals surface area contributed by atoms with Crippen LogP contribution in [-0.4, -0.2) is 20.5 Å². The third-order valence-corrected chi connectivity index (χ3v) is 1.68. The van der Waals surface area contributed by atoms with Crippen LogP contribution in [0.3, 0.4) is 0 Å². The average Bonchev–Trinajstić information content (AvgIpc) is 2.45. The molecule has 0 aliphatic rings. The summed E-state index contributed by atoms with van der Waals surface area (Å²) in [5, 5.41) is 6.56. The molecular formula is C8H9N5O. The fraction of sp³-hybridized carbons (Fsp3) is 0.125. The van der Waals surface area contributed by atoms with Crippen molar-refractivity contribution in [1.82, 2.24) is 14.6 Å². The highest BCUT2D eigenvalue weighted by Gasteiger charge is 2.04. The van der Waals surface area contributed by atoms with Crippen LogP contribution in [0.2, 0.25) is 0 Å². The number of carbonyl (C=O) groups excluding carboxylic acids is 1. The summed E-state index contributed by atoms with van der Waals surface area (Å²) in [4.78, 5) is 14.8. The maximum atomic E-state index is 10.9. The van der Waals surface area contributed by atoms with Gasteiger partial charge in [-0.3, -0.25) is 4.79 Å². The number of carbonyl (C=O) groups is 1. The molecule has 2 aromatic heterocycles. The number of pyridine rings is 1. The molecule has 6 heteroatoms. The Morgan fingerprint density at radius 1 is 1.57 bits per heavy atom. The Morgan fingerprint density at radius 2 is 2.36 bits per heavy atom. The minimum atomic E-state index is -0.161. The van der Waals surface area contributed by atoms with Crippen LogP contribution in [0.15, 0.2) is 18.2 Å². The molecule has 0 atom stereocenters. The molecule has 0 unspecified atom stereocenters. The fourth-order valence-electron chi connectivity index (χ4n) is 1.20. The quantitative estimate of drug-likeness (QED) is 0.677. The minimum Gasteiger partial charge on any atom is -0.366 e. The van der Waals surface area contributed by atoms with Crippen LogP contribution in [0.25, 0.3) is 5.65 Å². The highest BCUT2D eigenvalue weighted by atomic mass is 16.1. The molecule has 0 aliphatic heterocycles. The first kappa shape index (κ1) is 8.49. The lowest BCUT2D eigenvalue weighted by atomic mass is 10.4. The highest BCUT2D eigenvalue weighted by molar-refractivity contribution is 5.88. The van der Waals surface area contributed by atoms with E-state index in [1.165, 1.54) is 11.4 Å². The van der Waals surface area contributed by atoms with Crippen molar-refractivity contribution in [3.63, 3.8) is 0 Å². The second-order valence-corrected chi connectivity index (χ2v) is 2.83. The van der Waals surface area contributed by atoms with Crippen molar-refractivity contribution in [1.29, 1.82) is 0 Å². The summed E-state index contributed by atoms with van der Waals surface area (Å²) >= 11 is 0. The smallest absolute Gasteiger partial charge is 0.240 e. The van der Waals surface area contributed by atoms with Gasteiger partial charge in [0.25, 0.3) is 0 Å². The molecule has 0 spiro atoms. The van der Waals surface area contributed by atoms with E-state index in [0.29, 0.717) is 11.5 Å². The molecule has 6 nitrogen and oxygen atoms in total. The van der Waals surface area contributed by atoms with Crippen LogP contribution in [-0.2, 0) is 4.79 Å². The van der Waals surface area contributed by atoms with Crippen molar-refractivity contribution < 1.29 is 4.79 Å². The van der Waals surface area contributed by atoms with E-state index in [0.717, 1.165) is 0 Å². The van der Waals surface area contributed by atoms with Crippen LogP contribution < -0.4 is 11.1 Å². The average molecular weight is 191 g/mol. The van der Waals surface area contributed by atoms with Gasteiger partial charge >= 0.3 is 0 Å². The van der Waals surface area contributed by atoms with Crippen molar-refractivity contribution in [3.8, 4) is 0 Å². The molecule has 0 saturated heterocycles. The standard InChI is InChI=1S/C8H9N5O/c1-5(14)10-6-3-2-4-7-11-8(9)12-13(6)7/h2-4H,1H3,(H2,9,12)(H,10,14). The third kappa shape index (κ3) is 1.37. The van der Waals surface area contributed by atoms with E-state index in [1.807, 2.05) is 0 Å². The lowest BCUT2D eigenvalue weighted by molar-refractivity contribution is -0.114. The zero-order valence-electron chi connectivity index (χ0n) is 7.56. The van der Waals surface area contributed by atoms with E-state index < -0.39 is 0 Å². The van der Waals surface area contributed by atoms with Gasteiger partial charge in [-0.25, -0.2) is 0 Å². The van der Waals surface area contributed by atoms with Gasteiger partial charge in [0.2, 0.25) is 11.9 Å². The largest absolute Gasteiger partial charge is 0.366 e. The molecule has 0 saturated carbocycles. The van der Waals surface area contributed by atoms with Gasteiger partial charge in [0.05, 0.1) is 0 Å². The number of anilines is 2. The number of amides is 1. The SMILES string of the molecule is CC(=O)Nc1cccc2nc(N)nn12. The van der Waals surface area contributed by atoms with Gasteiger partial charge in [0.15, 0.2) is 5.65 Å². The zero-order chi connectivity index (χ0) is 10.1. The molecule has 2 rings (SSSR count). The van der Waals surface area contributed by atoms with Crippen molar-refractivity contribution in [2.24, 2.45) is 0 Å². The lowest BCUT2D eigenvalue weighted by Gasteiger charge is -2.02. The number of fused-ring (bicyclic) bond motifs is 1. The number of rotatable bonds is 1. The lowest BCUT2D eigenvalue weighted by Crippen LogP contribution is -2.10. The number of nitrogen functional groups attached to an aromatic ring is 1. The molecule has 0 fully saturated rings. The Kier molecular flexibility index (Phi) is 1.81. The van der Waals surface area contributed by atoms with Gasteiger partial charge in [-0.1, -0.05) is 6.07 Å². The predicted molar refractivity (Wildman–Crippen MR) is 51.7 cm³/mol. The summed E-state index contributed by atoms with van der Waals surface area (Å²) in [7, 11) is 0. The Labute approximate surface area is 79.7 Å². The summed E-state index contributed by atoms with van der Waals surface area (Å²) in [6, 6.07) is 5.26. The zero-order valence-corrected chi connectivity index (χ0v) is 7.56. The Bertz CT molecular complexity index is 489. The first-order valence-electron chi connectivity index (χ1n) is 4.05. The maximum Gasteiger partial charge on any atom is 0.240 e. The van der Waals surface area contributed by atoms with E-state index in [9.17, 15) is 4.79 Å². The van der Waals surface area contributed by atoms with E-state index in [4.69, 9.17) is 5.73 Å². The maximum absolute atomic E-state index is 10.9. The summed E-state index contributed by atoms with van der Waals surface area (Å²) in [6.45, 7) is 1.43. The normalized spacial score (nSPS) is 10.4. The molecule has 0 aromatic carbocycles. The summed E-state index contributed by atoms with van der Waals surface area (Å²) < 4.78 is 1.48. The van der Waals surface area contributed by atoms with E-state index >= 15 is 0 Å². The summed E-state index contributed by atoms with van der Waals surface area (Å²) in [6.07, 6.45) is 0. The highest BCUT2D eigenvalue weighted by Crippen LogP contribution is 2.10. The number of aromatic nitrogens is 3. The Hall–Kier alpha value is -2.11. The molecule has 2 aromatic rings. The molecule has 0 radical (unpaired) electrons. The molecule has 1 amide bonds. The molecule has 72 valence electrons. The molecule has 2 heterocycles. The van der Waals surface area contributed by atoms with Crippen LogP contribution >= 0.6 is 0 Å². The molecule has 14 heavy (non-hydrogen) atoms. The first-order chi connectivity index (χ1) is 6.66. The molecule has 0 bridgehead atoms. The fourth-order valence-corrected chi connectivity index (χ4v) is 1.20. The number of hydrogen-bond donors (Lipinski definition) is 2. The number of hydrogen-bond acceptors (Lipinski definition) is 4. The second kappa shape index (κ2) is 2.99. The van der Waals surface area contributed by atoms with Crippen molar-refractivity contribution in [2.45, 2.75) is 6.92 Å². The topological polar surface area (TPSA) is 85.3 Å². The minimum absolute atomic E-state index is 0.161. The van der Waals surface area contributed by atoms with Gasteiger partial charge in [-0.2, -0.15) is 9.50 Å². The van der Waals surface area contributed by atoms with Crippen LogP contribution in [0.1, 0.15) is 6.92 Å². The van der Waals surface area contributed by atoms with E-state index in [-0.39, 0.29) is 11.9 Å². The van der Waals surface area contributed by atoms with Crippen molar-refractivity contribution >= 4 is 23.3 Å². The summed E-state index contributed by atoms with van der Waals surface area (Å²) in [5.41, 5.74) is 6.04. The van der Waals surface area contributed by atoms with Gasteiger partial charge in [0, 0.05) is 6.92 Å². The third-order valence-electron chi connectivity index (χ3n) is 1.68. The molecule has 3 N–H and O–H groups in total. The second-order valence-electron chi connectivity index (χ2n) is 2.83. The van der Waals surface area contributed by atoms with Crippen molar-refractivity contribution in [2.75, 3.05) is 11.1 Å². The number of nitrogens with one attached hydrogen (secondary N) is 1. The number of nitrogens with two attached hydrogens (primary N) is 1. The van der Waals surface area contributed by atoms with Crippen LogP contribution in [0.4, 0.5) is 11.8 Å². The van der Waals surface area contributed by atoms with Gasteiger partial charge in [0.1, 0.15) is 5.82 Å². The predicted octanol–water partition coefficient (Wildman–Crippen LogP) is 0.270.